The van der Waals surface area contributed by atoms with Gasteiger partial charge < -0.3 is 20.7 Å². The van der Waals surface area contributed by atoms with Gasteiger partial charge >= 0.3 is 0 Å². The van der Waals surface area contributed by atoms with Crippen LogP contribution in [-0.2, 0) is 12.1 Å². The van der Waals surface area contributed by atoms with Crippen LogP contribution in [0.5, 0.6) is 0 Å². The van der Waals surface area contributed by atoms with E-state index in [1.807, 2.05) is 49.4 Å². The van der Waals surface area contributed by atoms with Crippen LogP contribution in [0.15, 0.2) is 66.7 Å². The summed E-state index contributed by atoms with van der Waals surface area (Å²) in [6.45, 7) is 5.66. The van der Waals surface area contributed by atoms with Gasteiger partial charge in [0, 0.05) is 22.0 Å². The number of carbonyl (C=O) groups excluding carboxylic acids is 2. The van der Waals surface area contributed by atoms with Gasteiger partial charge in [-0.15, -0.1) is 0 Å². The van der Waals surface area contributed by atoms with Crippen molar-refractivity contribution in [2.45, 2.75) is 32.9 Å². The molecule has 38 heavy (non-hydrogen) atoms. The Kier molecular flexibility index (Phi) is 5.19. The highest BCUT2D eigenvalue weighted by Gasteiger charge is 2.32. The Morgan fingerprint density at radius 1 is 1.05 bits per heavy atom. The Bertz CT molecular complexity index is 1810. The van der Waals surface area contributed by atoms with E-state index in [4.69, 9.17) is 5.73 Å². The second-order valence-corrected chi connectivity index (χ2v) is 10.3. The number of benzene rings is 4. The normalized spacial score (nSPS) is 13.5. The molecule has 6 rings (SSSR count). The fourth-order valence-electron chi connectivity index (χ4n) is 5.54. The molecule has 0 radical (unpaired) electrons. The minimum Gasteiger partial charge on any atom is -0.386 e. The molecule has 1 aliphatic rings. The van der Waals surface area contributed by atoms with Crippen LogP contribution < -0.4 is 10.6 Å². The van der Waals surface area contributed by atoms with Gasteiger partial charge in [0.05, 0.1) is 28.8 Å². The van der Waals surface area contributed by atoms with E-state index in [1.165, 1.54) is 6.07 Å². The molecule has 0 saturated heterocycles. The summed E-state index contributed by atoms with van der Waals surface area (Å²) in [6.07, 6.45) is 0. The third-order valence-corrected chi connectivity index (χ3v) is 7.50. The van der Waals surface area contributed by atoms with Gasteiger partial charge in [0.2, 0.25) is 0 Å². The predicted octanol–water partition coefficient (Wildman–Crippen LogP) is 5.92. The molecule has 190 valence electrons. The third kappa shape index (κ3) is 3.50. The Balaban J connectivity index is 1.57. The van der Waals surface area contributed by atoms with Crippen LogP contribution in [0, 0.1) is 12.7 Å². The molecule has 2 heterocycles. The van der Waals surface area contributed by atoms with Gasteiger partial charge in [-0.25, -0.2) is 4.39 Å². The van der Waals surface area contributed by atoms with Gasteiger partial charge in [-0.2, -0.15) is 0 Å². The van der Waals surface area contributed by atoms with E-state index in [1.54, 1.807) is 36.9 Å². The first-order chi connectivity index (χ1) is 18.1. The maximum absolute atomic E-state index is 14.5. The van der Waals surface area contributed by atoms with Crippen molar-refractivity contribution in [2.75, 3.05) is 4.90 Å². The van der Waals surface area contributed by atoms with Crippen LogP contribution in [0.25, 0.3) is 32.9 Å². The Labute approximate surface area is 218 Å². The van der Waals surface area contributed by atoms with E-state index in [0.717, 1.165) is 38.5 Å². The maximum Gasteiger partial charge on any atom is 0.261 e. The number of aromatic amines is 1. The molecule has 0 unspecified atom stereocenters. The number of nitrogens with two attached hydrogens (primary N) is 1. The summed E-state index contributed by atoms with van der Waals surface area (Å²) in [5, 5.41) is 12.2. The number of primary amides is 1. The molecule has 4 N–H and O–H groups in total. The lowest BCUT2D eigenvalue weighted by atomic mass is 9.92. The topological polar surface area (TPSA) is 99.4 Å². The Morgan fingerprint density at radius 3 is 2.53 bits per heavy atom. The van der Waals surface area contributed by atoms with Gasteiger partial charge in [-0.1, -0.05) is 42.5 Å². The smallest absolute Gasteiger partial charge is 0.261 e. The molecule has 2 amide bonds. The minimum absolute atomic E-state index is 0.116. The van der Waals surface area contributed by atoms with E-state index in [9.17, 15) is 19.1 Å². The first-order valence-corrected chi connectivity index (χ1v) is 12.4. The highest BCUT2D eigenvalue weighted by atomic mass is 19.1. The standard InChI is InChI=1S/C31H26FN3O3/c1-16-19(7-5-9-25(16)35-15-17-6-4-8-23(32)26(17)30(35)37)20-12-13-22(29(33)36)28-27(20)21-11-10-18(31(2,3)38)14-24(21)34-28/h4-14,34,38H,15H2,1-3H3,(H2,33,36). The van der Waals surface area contributed by atoms with Crippen molar-refractivity contribution in [3.8, 4) is 11.1 Å². The number of rotatable bonds is 4. The number of amides is 2. The van der Waals surface area contributed by atoms with Crippen molar-refractivity contribution in [3.05, 3.63) is 100 Å². The molecule has 6 nitrogen and oxygen atoms in total. The van der Waals surface area contributed by atoms with Crippen molar-refractivity contribution in [3.63, 3.8) is 0 Å². The number of fused-ring (bicyclic) bond motifs is 4. The van der Waals surface area contributed by atoms with Crippen molar-refractivity contribution >= 4 is 39.3 Å². The lowest BCUT2D eigenvalue weighted by Crippen LogP contribution is -2.24. The van der Waals surface area contributed by atoms with E-state index in [0.29, 0.717) is 28.9 Å². The summed E-state index contributed by atoms with van der Waals surface area (Å²) in [5.41, 5.74) is 11.2. The molecule has 1 aromatic heterocycles. The quantitative estimate of drug-likeness (QED) is 0.281. The molecule has 7 heteroatoms. The predicted molar refractivity (Wildman–Crippen MR) is 147 cm³/mol. The number of hydrogen-bond acceptors (Lipinski definition) is 3. The highest BCUT2D eigenvalue weighted by Crippen LogP contribution is 2.41. The molecular weight excluding hydrogens is 481 g/mol. The lowest BCUT2D eigenvalue weighted by molar-refractivity contribution is 0.0787. The number of nitrogens with one attached hydrogen (secondary N) is 1. The van der Waals surface area contributed by atoms with Crippen LogP contribution in [0.2, 0.25) is 0 Å². The van der Waals surface area contributed by atoms with Gasteiger partial charge in [-0.05, 0) is 72.9 Å². The number of carbonyl (C=O) groups is 2. The fourth-order valence-corrected chi connectivity index (χ4v) is 5.54. The van der Waals surface area contributed by atoms with Gasteiger partial charge in [0.1, 0.15) is 5.82 Å². The Morgan fingerprint density at radius 2 is 1.82 bits per heavy atom. The van der Waals surface area contributed by atoms with Gasteiger partial charge in [-0.3, -0.25) is 9.59 Å². The average molecular weight is 508 g/mol. The molecule has 1 aliphatic heterocycles. The SMILES string of the molecule is Cc1c(-c2ccc(C(N)=O)c3[nH]c4cc(C(C)(C)O)ccc4c23)cccc1N1Cc2cccc(F)c2C1=O. The molecule has 4 aromatic carbocycles. The van der Waals surface area contributed by atoms with Crippen LogP contribution in [0.4, 0.5) is 10.1 Å². The molecular formula is C31H26FN3O3. The molecule has 0 saturated carbocycles. The number of hydrogen-bond donors (Lipinski definition) is 3. The number of H-pyrrole nitrogens is 1. The highest BCUT2D eigenvalue weighted by molar-refractivity contribution is 6.20. The van der Waals surface area contributed by atoms with Crippen LogP contribution in [0.1, 0.15) is 51.3 Å². The average Bonchev–Trinajstić information content (AvgIpc) is 3.41. The Hall–Kier alpha value is -4.49. The lowest BCUT2D eigenvalue weighted by Gasteiger charge is -2.21. The summed E-state index contributed by atoms with van der Waals surface area (Å²) in [5.74, 6) is -1.43. The van der Waals surface area contributed by atoms with E-state index >= 15 is 0 Å². The molecule has 0 atom stereocenters. The molecule has 0 aliphatic carbocycles. The summed E-state index contributed by atoms with van der Waals surface area (Å²) in [4.78, 5) is 30.5. The van der Waals surface area contributed by atoms with Crippen molar-refractivity contribution in [2.24, 2.45) is 5.73 Å². The van der Waals surface area contributed by atoms with Crippen molar-refractivity contribution in [1.29, 1.82) is 0 Å². The monoisotopic (exact) mass is 507 g/mol. The maximum atomic E-state index is 14.5. The second kappa shape index (κ2) is 8.26. The zero-order chi connectivity index (χ0) is 26.9. The summed E-state index contributed by atoms with van der Waals surface area (Å²) < 4.78 is 14.5. The fraction of sp³-hybridized carbons (Fsp3) is 0.161. The number of aliphatic hydroxyl groups is 1. The van der Waals surface area contributed by atoms with Gasteiger partial charge in [0.15, 0.2) is 0 Å². The summed E-state index contributed by atoms with van der Waals surface area (Å²) in [6, 6.07) is 19.6. The zero-order valence-electron chi connectivity index (χ0n) is 21.2. The molecule has 0 bridgehead atoms. The molecule has 0 spiro atoms. The van der Waals surface area contributed by atoms with E-state index in [-0.39, 0.29) is 11.5 Å². The number of anilines is 1. The number of aromatic nitrogens is 1. The van der Waals surface area contributed by atoms with Crippen LogP contribution in [0.3, 0.4) is 0 Å². The number of halogens is 1. The second-order valence-electron chi connectivity index (χ2n) is 10.3. The molecule has 0 fully saturated rings. The number of nitrogens with zero attached hydrogens (tertiary/aromatic N) is 1. The largest absolute Gasteiger partial charge is 0.386 e. The summed E-state index contributed by atoms with van der Waals surface area (Å²) >= 11 is 0. The molecule has 5 aromatic rings. The van der Waals surface area contributed by atoms with Crippen molar-refractivity contribution in [1.82, 2.24) is 4.98 Å². The van der Waals surface area contributed by atoms with E-state index in [2.05, 4.69) is 4.98 Å². The van der Waals surface area contributed by atoms with Crippen LogP contribution >= 0.6 is 0 Å². The third-order valence-electron chi connectivity index (χ3n) is 7.50. The van der Waals surface area contributed by atoms with Crippen LogP contribution in [-0.4, -0.2) is 21.9 Å². The first-order valence-electron chi connectivity index (χ1n) is 12.4. The summed E-state index contributed by atoms with van der Waals surface area (Å²) in [7, 11) is 0. The zero-order valence-corrected chi connectivity index (χ0v) is 21.2. The first kappa shape index (κ1) is 23.9. The van der Waals surface area contributed by atoms with Crippen molar-refractivity contribution < 1.29 is 19.1 Å². The van der Waals surface area contributed by atoms with E-state index < -0.39 is 17.3 Å². The van der Waals surface area contributed by atoms with Gasteiger partial charge in [0.25, 0.3) is 11.8 Å². The minimum atomic E-state index is -1.04.